The Morgan fingerprint density at radius 3 is 2.72 bits per heavy atom. The summed E-state index contributed by atoms with van der Waals surface area (Å²) in [6.45, 7) is 6.75. The Labute approximate surface area is 223 Å². The summed E-state index contributed by atoms with van der Waals surface area (Å²) in [7, 11) is 0. The number of carbonyl (C=O) groups excluding carboxylic acids is 1. The highest BCUT2D eigenvalue weighted by Crippen LogP contribution is 2.33. The first-order chi connectivity index (χ1) is 18.7. The van der Waals surface area contributed by atoms with Crippen LogP contribution < -0.4 is 15.5 Å². The number of carbonyl (C=O) groups is 1. The van der Waals surface area contributed by atoms with Gasteiger partial charge in [-0.3, -0.25) is 14.8 Å². The number of anilines is 2. The number of benzene rings is 2. The van der Waals surface area contributed by atoms with Gasteiger partial charge in [0.25, 0.3) is 0 Å². The van der Waals surface area contributed by atoms with Crippen molar-refractivity contribution in [2.45, 2.75) is 30.8 Å². The molecule has 0 spiro atoms. The van der Waals surface area contributed by atoms with Crippen LogP contribution in [0.2, 0.25) is 0 Å². The van der Waals surface area contributed by atoms with Crippen molar-refractivity contribution in [3.05, 3.63) is 66.5 Å². The van der Waals surface area contributed by atoms with E-state index in [2.05, 4.69) is 37.2 Å². The number of aromatic amines is 1. The molecule has 2 saturated heterocycles. The molecule has 3 N–H and O–H groups in total. The van der Waals surface area contributed by atoms with Crippen LogP contribution in [0.4, 0.5) is 29.1 Å². The van der Waals surface area contributed by atoms with E-state index >= 15 is 0 Å². The highest BCUT2D eigenvalue weighted by atomic mass is 19.4. The third-order valence-electron chi connectivity index (χ3n) is 7.25. The lowest BCUT2D eigenvalue weighted by Gasteiger charge is -2.25. The SMILES string of the molecule is C=CCO[C@H]1CN(C2CCN(c3ccc(F)cc3)C2)CC1NC(=O)CNc1n[nH]c2ccc(C(F)(F)F)cc12. The first-order valence-electron chi connectivity index (χ1n) is 12.8. The third kappa shape index (κ3) is 6.17. The quantitative estimate of drug-likeness (QED) is 0.280. The molecule has 3 heterocycles. The van der Waals surface area contributed by atoms with Gasteiger partial charge in [-0.1, -0.05) is 6.08 Å². The van der Waals surface area contributed by atoms with Gasteiger partial charge in [-0.25, -0.2) is 4.39 Å². The summed E-state index contributed by atoms with van der Waals surface area (Å²) >= 11 is 0. The van der Waals surface area contributed by atoms with Crippen LogP contribution in [0.15, 0.2) is 55.1 Å². The first kappa shape index (κ1) is 26.9. The molecule has 1 aromatic heterocycles. The van der Waals surface area contributed by atoms with E-state index in [1.807, 2.05) is 0 Å². The van der Waals surface area contributed by atoms with E-state index in [0.717, 1.165) is 37.3 Å². The number of hydrogen-bond acceptors (Lipinski definition) is 6. The van der Waals surface area contributed by atoms with Crippen molar-refractivity contribution in [1.29, 1.82) is 0 Å². The van der Waals surface area contributed by atoms with Crippen LogP contribution in [0.25, 0.3) is 10.9 Å². The van der Waals surface area contributed by atoms with Gasteiger partial charge in [-0.15, -0.1) is 6.58 Å². The molecule has 1 amide bonds. The van der Waals surface area contributed by atoms with E-state index in [1.54, 1.807) is 18.2 Å². The van der Waals surface area contributed by atoms with Gasteiger partial charge < -0.3 is 20.3 Å². The van der Waals surface area contributed by atoms with Gasteiger partial charge in [-0.05, 0) is 48.9 Å². The molecule has 2 unspecified atom stereocenters. The second-order valence-electron chi connectivity index (χ2n) is 9.84. The van der Waals surface area contributed by atoms with E-state index < -0.39 is 11.7 Å². The summed E-state index contributed by atoms with van der Waals surface area (Å²) in [5.41, 5.74) is 0.616. The maximum Gasteiger partial charge on any atom is 0.416 e. The Morgan fingerprint density at radius 1 is 1.18 bits per heavy atom. The number of likely N-dealkylation sites (tertiary alicyclic amines) is 1. The molecule has 2 aromatic carbocycles. The fraction of sp³-hybridized carbons (Fsp3) is 0.407. The standard InChI is InChI=1S/C27H30F4N6O2/c1-2-11-39-24-16-37(20-9-10-36(14-20)19-6-4-18(28)5-7-19)15-23(24)33-25(38)13-32-26-21-12-17(27(29,30)31)3-8-22(21)34-35-26/h2-8,12,20,23-24H,1,9-11,13-16H2,(H,33,38)(H2,32,34,35)/t20?,23?,24-/m0/s1. The molecular weight excluding hydrogens is 516 g/mol. The summed E-state index contributed by atoms with van der Waals surface area (Å²) in [6.07, 6.45) is -2.14. The van der Waals surface area contributed by atoms with Crippen LogP contribution >= 0.6 is 0 Å². The van der Waals surface area contributed by atoms with E-state index in [1.165, 1.54) is 18.2 Å². The Morgan fingerprint density at radius 2 is 1.97 bits per heavy atom. The minimum Gasteiger partial charge on any atom is -0.371 e. The molecule has 0 saturated carbocycles. The number of nitrogens with one attached hydrogen (secondary N) is 3. The molecule has 2 fully saturated rings. The fourth-order valence-electron chi connectivity index (χ4n) is 5.27. The Balaban J connectivity index is 1.19. The van der Waals surface area contributed by atoms with Crippen LogP contribution in [-0.4, -0.2) is 78.5 Å². The Bertz CT molecular complexity index is 1310. The molecule has 5 rings (SSSR count). The number of fused-ring (bicyclic) bond motifs is 1. The average molecular weight is 547 g/mol. The van der Waals surface area contributed by atoms with Gasteiger partial charge in [0.05, 0.1) is 36.4 Å². The van der Waals surface area contributed by atoms with Crippen molar-refractivity contribution < 1.29 is 27.1 Å². The third-order valence-corrected chi connectivity index (χ3v) is 7.25. The maximum atomic E-state index is 13.3. The van der Waals surface area contributed by atoms with Crippen LogP contribution in [-0.2, 0) is 15.7 Å². The van der Waals surface area contributed by atoms with Gasteiger partial charge in [0.15, 0.2) is 5.82 Å². The van der Waals surface area contributed by atoms with Crippen LogP contribution in [0, 0.1) is 5.82 Å². The number of nitrogens with zero attached hydrogens (tertiary/aromatic N) is 3. The second kappa shape index (κ2) is 11.2. The number of rotatable bonds is 9. The van der Waals surface area contributed by atoms with Crippen molar-refractivity contribution in [1.82, 2.24) is 20.4 Å². The lowest BCUT2D eigenvalue weighted by Crippen LogP contribution is -2.46. The Kier molecular flexibility index (Phi) is 7.76. The topological polar surface area (TPSA) is 85.5 Å². The molecule has 12 heteroatoms. The zero-order valence-electron chi connectivity index (χ0n) is 21.2. The Hall–Kier alpha value is -3.64. The lowest BCUT2D eigenvalue weighted by molar-refractivity contribution is -0.137. The largest absolute Gasteiger partial charge is 0.416 e. The minimum absolute atomic E-state index is 0.164. The number of amides is 1. The van der Waals surface area contributed by atoms with Crippen LogP contribution in [0.1, 0.15) is 12.0 Å². The lowest BCUT2D eigenvalue weighted by atomic mass is 10.1. The predicted octanol–water partition coefficient (Wildman–Crippen LogP) is 3.78. The normalized spacial score (nSPS) is 21.9. The molecule has 39 heavy (non-hydrogen) atoms. The van der Waals surface area contributed by atoms with Crippen molar-refractivity contribution >= 4 is 28.3 Å². The van der Waals surface area contributed by atoms with Gasteiger partial charge in [-0.2, -0.15) is 18.3 Å². The summed E-state index contributed by atoms with van der Waals surface area (Å²) in [4.78, 5) is 17.4. The molecule has 2 aliphatic heterocycles. The van der Waals surface area contributed by atoms with E-state index in [-0.39, 0.29) is 47.7 Å². The predicted molar refractivity (Wildman–Crippen MR) is 140 cm³/mol. The molecule has 208 valence electrons. The number of halogens is 4. The molecular formula is C27H30F4N6O2. The molecule has 3 atom stereocenters. The zero-order chi connectivity index (χ0) is 27.6. The van der Waals surface area contributed by atoms with Crippen molar-refractivity contribution in [2.24, 2.45) is 0 Å². The number of H-pyrrole nitrogens is 1. The van der Waals surface area contributed by atoms with Gasteiger partial charge in [0.2, 0.25) is 5.91 Å². The second-order valence-corrected chi connectivity index (χ2v) is 9.84. The van der Waals surface area contributed by atoms with Crippen molar-refractivity contribution in [2.75, 3.05) is 49.5 Å². The van der Waals surface area contributed by atoms with Gasteiger partial charge in [0, 0.05) is 43.3 Å². The number of aromatic nitrogens is 2. The summed E-state index contributed by atoms with van der Waals surface area (Å²) in [5, 5.41) is 12.8. The van der Waals surface area contributed by atoms with E-state index in [9.17, 15) is 22.4 Å². The summed E-state index contributed by atoms with van der Waals surface area (Å²) in [5.74, 6) is -0.419. The summed E-state index contributed by atoms with van der Waals surface area (Å²) in [6, 6.07) is 9.75. The van der Waals surface area contributed by atoms with Gasteiger partial charge in [0.1, 0.15) is 5.82 Å². The number of ether oxygens (including phenoxy) is 1. The first-order valence-corrected chi connectivity index (χ1v) is 12.8. The molecule has 0 bridgehead atoms. The molecule has 3 aromatic rings. The highest BCUT2D eigenvalue weighted by Gasteiger charge is 2.39. The van der Waals surface area contributed by atoms with Crippen LogP contribution in [0.5, 0.6) is 0 Å². The van der Waals surface area contributed by atoms with Crippen molar-refractivity contribution in [3.8, 4) is 0 Å². The van der Waals surface area contributed by atoms with E-state index in [4.69, 9.17) is 4.74 Å². The average Bonchev–Trinajstić information content (AvgIpc) is 3.64. The zero-order valence-corrected chi connectivity index (χ0v) is 21.2. The minimum atomic E-state index is -4.48. The molecule has 2 aliphatic rings. The van der Waals surface area contributed by atoms with Crippen LogP contribution in [0.3, 0.4) is 0 Å². The van der Waals surface area contributed by atoms with E-state index in [0.29, 0.717) is 25.2 Å². The smallest absolute Gasteiger partial charge is 0.371 e. The molecule has 0 aliphatic carbocycles. The van der Waals surface area contributed by atoms with Crippen molar-refractivity contribution in [3.63, 3.8) is 0 Å². The summed E-state index contributed by atoms with van der Waals surface area (Å²) < 4.78 is 58.7. The fourth-order valence-corrected chi connectivity index (χ4v) is 5.27. The number of alkyl halides is 3. The number of hydrogen-bond donors (Lipinski definition) is 3. The maximum absolute atomic E-state index is 13.3. The molecule has 8 nitrogen and oxygen atoms in total. The molecule has 0 radical (unpaired) electrons. The van der Waals surface area contributed by atoms with Gasteiger partial charge >= 0.3 is 6.18 Å². The highest BCUT2D eigenvalue weighted by molar-refractivity contribution is 5.92. The monoisotopic (exact) mass is 546 g/mol.